The zero-order valence-corrected chi connectivity index (χ0v) is 21.2. The molecule has 0 saturated carbocycles. The van der Waals surface area contributed by atoms with Crippen LogP contribution in [0.1, 0.15) is 44.7 Å². The van der Waals surface area contributed by atoms with E-state index in [4.69, 9.17) is 9.73 Å². The predicted molar refractivity (Wildman–Crippen MR) is 138 cm³/mol. The third-order valence-corrected chi connectivity index (χ3v) is 5.39. The molecule has 2 aromatic rings. The summed E-state index contributed by atoms with van der Waals surface area (Å²) in [5.74, 6) is 1.51. The first-order chi connectivity index (χ1) is 14.6. The molecular formula is C24H36IN5O. The number of aliphatic imine (C=N–C) groups is 1. The summed E-state index contributed by atoms with van der Waals surface area (Å²) in [5.41, 5.74) is 2.21. The van der Waals surface area contributed by atoms with E-state index in [1.807, 2.05) is 42.5 Å². The van der Waals surface area contributed by atoms with Gasteiger partial charge in [-0.1, -0.05) is 30.3 Å². The lowest BCUT2D eigenvalue weighted by Gasteiger charge is -2.35. The summed E-state index contributed by atoms with van der Waals surface area (Å²) in [5, 5.41) is 6.99. The fraction of sp³-hybridized carbons (Fsp3) is 0.500. The summed E-state index contributed by atoms with van der Waals surface area (Å²) >= 11 is 0. The number of pyridine rings is 1. The SMILES string of the molecule is CCNC(=NCc1ccnc(OCc2ccccc2)c1)NC1CCN(C(C)C)CC1.I. The molecule has 0 amide bonds. The van der Waals surface area contributed by atoms with Crippen molar-refractivity contribution in [2.24, 2.45) is 4.99 Å². The van der Waals surface area contributed by atoms with E-state index in [0.29, 0.717) is 31.1 Å². The van der Waals surface area contributed by atoms with Gasteiger partial charge in [-0.15, -0.1) is 24.0 Å². The second kappa shape index (κ2) is 13.5. The number of nitrogens with zero attached hydrogens (tertiary/aromatic N) is 3. The molecule has 1 aromatic carbocycles. The molecule has 2 N–H and O–H groups in total. The highest BCUT2D eigenvalue weighted by Crippen LogP contribution is 2.14. The summed E-state index contributed by atoms with van der Waals surface area (Å²) in [4.78, 5) is 11.7. The number of benzene rings is 1. The Morgan fingerprint density at radius 3 is 2.58 bits per heavy atom. The van der Waals surface area contributed by atoms with Gasteiger partial charge in [0, 0.05) is 44.0 Å². The number of guanidine groups is 1. The van der Waals surface area contributed by atoms with Crippen molar-refractivity contribution in [3.05, 3.63) is 59.8 Å². The Morgan fingerprint density at radius 2 is 1.90 bits per heavy atom. The molecule has 0 bridgehead atoms. The normalized spacial score (nSPS) is 15.4. The second-order valence-corrected chi connectivity index (χ2v) is 8.02. The number of likely N-dealkylation sites (tertiary alicyclic amines) is 1. The largest absolute Gasteiger partial charge is 0.473 e. The van der Waals surface area contributed by atoms with Crippen LogP contribution in [0.3, 0.4) is 0 Å². The monoisotopic (exact) mass is 537 g/mol. The standard InChI is InChI=1S/C24H35N5O.HI/c1-4-25-24(28-22-11-14-29(15-12-22)19(2)3)27-17-21-10-13-26-23(16-21)30-18-20-8-6-5-7-9-20;/h5-10,13,16,19,22H,4,11-12,14-15,17-18H2,1-3H3,(H2,25,27,28);1H. The lowest BCUT2D eigenvalue weighted by Crippen LogP contribution is -2.49. The number of ether oxygens (including phenoxy) is 1. The highest BCUT2D eigenvalue weighted by atomic mass is 127. The molecule has 0 unspecified atom stereocenters. The van der Waals surface area contributed by atoms with Crippen LogP contribution in [-0.4, -0.2) is 47.6 Å². The van der Waals surface area contributed by atoms with Gasteiger partial charge in [-0.3, -0.25) is 0 Å². The Balaban J connectivity index is 0.00000341. The number of nitrogens with one attached hydrogen (secondary N) is 2. The van der Waals surface area contributed by atoms with Gasteiger partial charge < -0.3 is 20.3 Å². The van der Waals surface area contributed by atoms with Gasteiger partial charge in [-0.2, -0.15) is 0 Å². The smallest absolute Gasteiger partial charge is 0.213 e. The molecular weight excluding hydrogens is 501 g/mol. The van der Waals surface area contributed by atoms with Gasteiger partial charge >= 0.3 is 0 Å². The molecule has 6 nitrogen and oxygen atoms in total. The number of rotatable bonds is 8. The van der Waals surface area contributed by atoms with Crippen molar-refractivity contribution in [2.45, 2.75) is 58.8 Å². The van der Waals surface area contributed by atoms with Crippen LogP contribution in [0.5, 0.6) is 5.88 Å². The van der Waals surface area contributed by atoms with Gasteiger partial charge in [0.05, 0.1) is 6.54 Å². The number of halogens is 1. The Kier molecular flexibility index (Phi) is 11.1. The Hall–Kier alpha value is -1.87. The average Bonchev–Trinajstić information content (AvgIpc) is 2.77. The Labute approximate surface area is 203 Å². The zero-order chi connectivity index (χ0) is 21.2. The first-order valence-corrected chi connectivity index (χ1v) is 11.0. The minimum absolute atomic E-state index is 0. The molecule has 2 heterocycles. The van der Waals surface area contributed by atoms with Crippen molar-refractivity contribution in [3.8, 4) is 5.88 Å². The quantitative estimate of drug-likeness (QED) is 0.300. The lowest BCUT2D eigenvalue weighted by molar-refractivity contribution is 0.167. The Morgan fingerprint density at radius 1 is 1.16 bits per heavy atom. The topological polar surface area (TPSA) is 61.8 Å². The van der Waals surface area contributed by atoms with Crippen molar-refractivity contribution in [1.29, 1.82) is 0 Å². The molecule has 0 atom stereocenters. The van der Waals surface area contributed by atoms with Crippen molar-refractivity contribution in [1.82, 2.24) is 20.5 Å². The fourth-order valence-electron chi connectivity index (χ4n) is 3.60. The van der Waals surface area contributed by atoms with Gasteiger partial charge in [0.2, 0.25) is 5.88 Å². The molecule has 1 aliphatic rings. The molecule has 31 heavy (non-hydrogen) atoms. The van der Waals surface area contributed by atoms with Gasteiger partial charge in [0.25, 0.3) is 0 Å². The predicted octanol–water partition coefficient (Wildman–Crippen LogP) is 4.21. The number of piperidine rings is 1. The van der Waals surface area contributed by atoms with Gasteiger partial charge in [0.15, 0.2) is 5.96 Å². The first-order valence-electron chi connectivity index (χ1n) is 11.0. The maximum Gasteiger partial charge on any atom is 0.213 e. The van der Waals surface area contributed by atoms with Crippen molar-refractivity contribution in [2.75, 3.05) is 19.6 Å². The fourth-order valence-corrected chi connectivity index (χ4v) is 3.60. The van der Waals surface area contributed by atoms with E-state index in [1.54, 1.807) is 6.20 Å². The number of hydrogen-bond donors (Lipinski definition) is 2. The molecule has 1 aliphatic heterocycles. The molecule has 1 saturated heterocycles. The summed E-state index contributed by atoms with van der Waals surface area (Å²) < 4.78 is 5.84. The minimum atomic E-state index is 0. The molecule has 1 fully saturated rings. The molecule has 7 heteroatoms. The maximum absolute atomic E-state index is 5.84. The van der Waals surface area contributed by atoms with E-state index in [2.05, 4.69) is 41.3 Å². The van der Waals surface area contributed by atoms with Crippen LogP contribution < -0.4 is 15.4 Å². The van der Waals surface area contributed by atoms with Crippen molar-refractivity contribution >= 4 is 29.9 Å². The van der Waals surface area contributed by atoms with E-state index in [9.17, 15) is 0 Å². The molecule has 1 aromatic heterocycles. The van der Waals surface area contributed by atoms with Crippen molar-refractivity contribution in [3.63, 3.8) is 0 Å². The highest BCUT2D eigenvalue weighted by molar-refractivity contribution is 14.0. The molecule has 3 rings (SSSR count). The first kappa shape index (κ1) is 25.4. The molecule has 0 aliphatic carbocycles. The van der Waals surface area contributed by atoms with Crippen molar-refractivity contribution < 1.29 is 4.74 Å². The second-order valence-electron chi connectivity index (χ2n) is 8.02. The van der Waals surface area contributed by atoms with E-state index < -0.39 is 0 Å². The van der Waals surface area contributed by atoms with Crippen LogP contribution in [0, 0.1) is 0 Å². The zero-order valence-electron chi connectivity index (χ0n) is 18.9. The van der Waals surface area contributed by atoms with Crippen LogP contribution in [0.15, 0.2) is 53.7 Å². The maximum atomic E-state index is 5.84. The van der Waals surface area contributed by atoms with Gasteiger partial charge in [-0.05, 0) is 50.8 Å². The van der Waals surface area contributed by atoms with Gasteiger partial charge in [-0.25, -0.2) is 9.98 Å². The third kappa shape index (κ3) is 8.65. The molecule has 0 spiro atoms. The van der Waals surface area contributed by atoms with E-state index in [-0.39, 0.29) is 24.0 Å². The average molecular weight is 537 g/mol. The summed E-state index contributed by atoms with van der Waals surface area (Å²) in [6, 6.07) is 15.2. The molecule has 0 radical (unpaired) electrons. The highest BCUT2D eigenvalue weighted by Gasteiger charge is 2.21. The summed E-state index contributed by atoms with van der Waals surface area (Å²) in [6.45, 7) is 10.9. The van der Waals surface area contributed by atoms with Crippen LogP contribution in [0.2, 0.25) is 0 Å². The van der Waals surface area contributed by atoms with E-state index in [1.165, 1.54) is 0 Å². The van der Waals surface area contributed by atoms with Crippen LogP contribution in [0.25, 0.3) is 0 Å². The Bertz CT molecular complexity index is 792. The van der Waals surface area contributed by atoms with E-state index >= 15 is 0 Å². The summed E-state index contributed by atoms with van der Waals surface area (Å²) in [6.07, 6.45) is 4.08. The third-order valence-electron chi connectivity index (χ3n) is 5.39. The minimum Gasteiger partial charge on any atom is -0.473 e. The van der Waals surface area contributed by atoms with Crippen LogP contribution >= 0.6 is 24.0 Å². The summed E-state index contributed by atoms with van der Waals surface area (Å²) in [7, 11) is 0. The van der Waals surface area contributed by atoms with Gasteiger partial charge in [0.1, 0.15) is 6.61 Å². The van der Waals surface area contributed by atoms with Crippen LogP contribution in [-0.2, 0) is 13.2 Å². The van der Waals surface area contributed by atoms with E-state index in [0.717, 1.165) is 49.6 Å². The lowest BCUT2D eigenvalue weighted by atomic mass is 10.0. The number of aromatic nitrogens is 1. The van der Waals surface area contributed by atoms with Crippen LogP contribution in [0.4, 0.5) is 0 Å². The number of hydrogen-bond acceptors (Lipinski definition) is 4. The molecule has 170 valence electrons.